The molecule has 0 aliphatic carbocycles. The molecule has 0 radical (unpaired) electrons. The van der Waals surface area contributed by atoms with E-state index in [1.54, 1.807) is 0 Å². The molecule has 0 unspecified atom stereocenters. The molecular weight excluding hydrogens is 236 g/mol. The van der Waals surface area contributed by atoms with Gasteiger partial charge >= 0.3 is 0 Å². The Morgan fingerprint density at radius 3 is 1.25 bits per heavy atom. The molecule has 0 rings (SSSR count). The molecule has 16 heavy (non-hydrogen) atoms. The van der Waals surface area contributed by atoms with E-state index < -0.39 is 0 Å². The Balaban J connectivity index is 2.83. The standard InChI is InChI=1S/C12H28N2S2/c13-7-11-15-9-5-3-1-2-4-6-10-16-12-8-14/h1-14H2. The number of hydrogen-bond donors (Lipinski definition) is 2. The molecule has 0 amide bonds. The van der Waals surface area contributed by atoms with Gasteiger partial charge in [-0.15, -0.1) is 0 Å². The number of unbranched alkanes of at least 4 members (excludes halogenated alkanes) is 5. The van der Waals surface area contributed by atoms with Gasteiger partial charge in [0.05, 0.1) is 0 Å². The summed E-state index contributed by atoms with van der Waals surface area (Å²) >= 11 is 3.98. The second kappa shape index (κ2) is 15.6. The van der Waals surface area contributed by atoms with Crippen LogP contribution in [0.1, 0.15) is 38.5 Å². The molecule has 0 fully saturated rings. The van der Waals surface area contributed by atoms with E-state index in [-0.39, 0.29) is 0 Å². The molecule has 0 aromatic rings. The van der Waals surface area contributed by atoms with Crippen LogP contribution < -0.4 is 11.5 Å². The fourth-order valence-corrected chi connectivity index (χ4v) is 3.04. The fraction of sp³-hybridized carbons (Fsp3) is 1.00. The van der Waals surface area contributed by atoms with Crippen molar-refractivity contribution in [3.8, 4) is 0 Å². The van der Waals surface area contributed by atoms with Crippen LogP contribution in [0.4, 0.5) is 0 Å². The Morgan fingerprint density at radius 1 is 0.500 bits per heavy atom. The van der Waals surface area contributed by atoms with Crippen molar-refractivity contribution in [3.63, 3.8) is 0 Å². The summed E-state index contributed by atoms with van der Waals surface area (Å²) < 4.78 is 0. The first kappa shape index (κ1) is 16.6. The number of thioether (sulfide) groups is 2. The maximum Gasteiger partial charge on any atom is 0.00558 e. The predicted octanol–water partition coefficient (Wildman–Crippen LogP) is 2.71. The monoisotopic (exact) mass is 264 g/mol. The molecule has 0 bridgehead atoms. The lowest BCUT2D eigenvalue weighted by Gasteiger charge is -2.02. The van der Waals surface area contributed by atoms with Crippen LogP contribution in [0.15, 0.2) is 0 Å². The molecule has 0 spiro atoms. The number of hydrogen-bond acceptors (Lipinski definition) is 4. The molecule has 98 valence electrons. The smallest absolute Gasteiger partial charge is 0.00558 e. The number of rotatable bonds is 13. The third-order valence-corrected chi connectivity index (χ3v) is 4.56. The highest BCUT2D eigenvalue weighted by molar-refractivity contribution is 7.99. The van der Waals surface area contributed by atoms with Gasteiger partial charge in [0.25, 0.3) is 0 Å². The second-order valence-electron chi connectivity index (χ2n) is 3.92. The van der Waals surface area contributed by atoms with Crippen molar-refractivity contribution in [2.75, 3.05) is 36.1 Å². The zero-order chi connectivity index (χ0) is 11.9. The molecular formula is C12H28N2S2. The van der Waals surface area contributed by atoms with Crippen molar-refractivity contribution in [2.45, 2.75) is 38.5 Å². The Labute approximate surface area is 110 Å². The summed E-state index contributed by atoms with van der Waals surface area (Å²) in [5.74, 6) is 4.84. The summed E-state index contributed by atoms with van der Waals surface area (Å²) in [6.07, 6.45) is 8.34. The van der Waals surface area contributed by atoms with Crippen molar-refractivity contribution >= 4 is 23.5 Å². The molecule has 0 aliphatic heterocycles. The highest BCUT2D eigenvalue weighted by Crippen LogP contribution is 2.11. The summed E-state index contributed by atoms with van der Waals surface area (Å²) in [6, 6.07) is 0. The van der Waals surface area contributed by atoms with Gasteiger partial charge in [-0.25, -0.2) is 0 Å². The topological polar surface area (TPSA) is 52.0 Å². The molecule has 0 aromatic heterocycles. The van der Waals surface area contributed by atoms with Crippen LogP contribution in [-0.4, -0.2) is 36.1 Å². The first-order chi connectivity index (χ1) is 7.91. The van der Waals surface area contributed by atoms with E-state index in [1.165, 1.54) is 50.0 Å². The van der Waals surface area contributed by atoms with Gasteiger partial charge < -0.3 is 11.5 Å². The lowest BCUT2D eigenvalue weighted by Crippen LogP contribution is -2.01. The first-order valence-electron chi connectivity index (χ1n) is 6.47. The van der Waals surface area contributed by atoms with Crippen molar-refractivity contribution in [3.05, 3.63) is 0 Å². The Hall–Kier alpha value is 0.620. The van der Waals surface area contributed by atoms with E-state index in [9.17, 15) is 0 Å². The Kier molecular flexibility index (Phi) is 16.2. The summed E-state index contributed by atoms with van der Waals surface area (Å²) in [7, 11) is 0. The zero-order valence-electron chi connectivity index (χ0n) is 10.5. The van der Waals surface area contributed by atoms with E-state index in [0.29, 0.717) is 0 Å². The van der Waals surface area contributed by atoms with E-state index in [1.807, 2.05) is 23.5 Å². The SMILES string of the molecule is NCCSCCCCCCCCSCCN. The maximum absolute atomic E-state index is 5.43. The van der Waals surface area contributed by atoms with Crippen molar-refractivity contribution < 1.29 is 0 Å². The van der Waals surface area contributed by atoms with Crippen LogP contribution in [0.25, 0.3) is 0 Å². The summed E-state index contributed by atoms with van der Waals surface area (Å²) in [6.45, 7) is 1.65. The lowest BCUT2D eigenvalue weighted by atomic mass is 10.1. The number of nitrogens with two attached hydrogens (primary N) is 2. The third kappa shape index (κ3) is 14.6. The van der Waals surface area contributed by atoms with Gasteiger partial charge in [-0.2, -0.15) is 23.5 Å². The van der Waals surface area contributed by atoms with Gasteiger partial charge in [0, 0.05) is 24.6 Å². The summed E-state index contributed by atoms with van der Waals surface area (Å²) in [5, 5.41) is 0. The minimum atomic E-state index is 0.825. The maximum atomic E-state index is 5.43. The molecule has 0 heterocycles. The highest BCUT2D eigenvalue weighted by Gasteiger charge is 1.92. The van der Waals surface area contributed by atoms with E-state index in [2.05, 4.69) is 0 Å². The van der Waals surface area contributed by atoms with Gasteiger partial charge in [0.2, 0.25) is 0 Å². The van der Waals surface area contributed by atoms with Crippen LogP contribution in [0.5, 0.6) is 0 Å². The van der Waals surface area contributed by atoms with Crippen LogP contribution in [0, 0.1) is 0 Å². The van der Waals surface area contributed by atoms with Crippen LogP contribution in [-0.2, 0) is 0 Å². The highest BCUT2D eigenvalue weighted by atomic mass is 32.2. The third-order valence-electron chi connectivity index (χ3n) is 2.35. The molecule has 2 nitrogen and oxygen atoms in total. The molecule has 0 aromatic carbocycles. The minimum Gasteiger partial charge on any atom is -0.330 e. The average molecular weight is 265 g/mol. The quantitative estimate of drug-likeness (QED) is 0.502. The van der Waals surface area contributed by atoms with Crippen molar-refractivity contribution in [2.24, 2.45) is 11.5 Å². The molecule has 0 aliphatic rings. The molecule has 4 heteroatoms. The van der Waals surface area contributed by atoms with Gasteiger partial charge in [-0.05, 0) is 24.3 Å². The largest absolute Gasteiger partial charge is 0.330 e. The van der Waals surface area contributed by atoms with Gasteiger partial charge in [0.15, 0.2) is 0 Å². The zero-order valence-corrected chi connectivity index (χ0v) is 12.1. The first-order valence-corrected chi connectivity index (χ1v) is 8.78. The van der Waals surface area contributed by atoms with E-state index in [4.69, 9.17) is 11.5 Å². The van der Waals surface area contributed by atoms with Gasteiger partial charge in [-0.3, -0.25) is 0 Å². The van der Waals surface area contributed by atoms with Crippen molar-refractivity contribution in [1.82, 2.24) is 0 Å². The normalized spacial score (nSPS) is 10.9. The predicted molar refractivity (Wildman–Crippen MR) is 80.5 cm³/mol. The fourth-order valence-electron chi connectivity index (χ4n) is 1.49. The molecule has 0 saturated carbocycles. The second-order valence-corrected chi connectivity index (χ2v) is 6.37. The molecule has 0 saturated heterocycles. The molecule has 4 N–H and O–H groups in total. The van der Waals surface area contributed by atoms with E-state index >= 15 is 0 Å². The Morgan fingerprint density at radius 2 is 0.875 bits per heavy atom. The van der Waals surface area contributed by atoms with Crippen LogP contribution in [0.3, 0.4) is 0 Å². The van der Waals surface area contributed by atoms with Gasteiger partial charge in [-0.1, -0.05) is 25.7 Å². The average Bonchev–Trinajstić information content (AvgIpc) is 2.31. The lowest BCUT2D eigenvalue weighted by molar-refractivity contribution is 0.629. The minimum absolute atomic E-state index is 0.825. The van der Waals surface area contributed by atoms with Crippen LogP contribution in [0.2, 0.25) is 0 Å². The summed E-state index contributed by atoms with van der Waals surface area (Å²) in [5.41, 5.74) is 10.9. The van der Waals surface area contributed by atoms with Gasteiger partial charge in [0.1, 0.15) is 0 Å². The van der Waals surface area contributed by atoms with E-state index in [0.717, 1.165) is 24.6 Å². The summed E-state index contributed by atoms with van der Waals surface area (Å²) in [4.78, 5) is 0. The molecule has 0 atom stereocenters. The Bertz CT molecular complexity index is 110. The van der Waals surface area contributed by atoms with Crippen LogP contribution >= 0.6 is 23.5 Å². The van der Waals surface area contributed by atoms with Crippen molar-refractivity contribution in [1.29, 1.82) is 0 Å².